The zero-order chi connectivity index (χ0) is 20.4. The Labute approximate surface area is 178 Å². The van der Waals surface area contributed by atoms with E-state index in [2.05, 4.69) is 5.32 Å². The van der Waals surface area contributed by atoms with Crippen LogP contribution in [0.25, 0.3) is 6.08 Å². The molecule has 1 amide bonds. The molecule has 2 aromatic rings. The number of benzene rings is 2. The van der Waals surface area contributed by atoms with E-state index in [0.29, 0.717) is 50.2 Å². The van der Waals surface area contributed by atoms with Gasteiger partial charge in [-0.2, -0.15) is 0 Å². The number of amides is 1. The number of rotatable bonds is 5. The van der Waals surface area contributed by atoms with Crippen LogP contribution in [0.2, 0.25) is 10.0 Å². The maximum Gasteiger partial charge on any atom is 0.281 e. The molecule has 1 N–H and O–H groups in total. The number of ether oxygens (including phenoxy) is 2. The molecule has 1 aliphatic heterocycles. The van der Waals surface area contributed by atoms with E-state index in [4.69, 9.17) is 44.9 Å². The van der Waals surface area contributed by atoms with Crippen molar-refractivity contribution in [2.75, 3.05) is 18.6 Å². The predicted molar refractivity (Wildman–Crippen MR) is 117 cm³/mol. The maximum atomic E-state index is 13.0. The molecule has 0 radical (unpaired) electrons. The van der Waals surface area contributed by atoms with Crippen molar-refractivity contribution in [1.82, 2.24) is 5.32 Å². The molecule has 1 saturated heterocycles. The average molecular weight is 437 g/mol. The van der Waals surface area contributed by atoms with E-state index < -0.39 is 0 Å². The third kappa shape index (κ3) is 3.94. The van der Waals surface area contributed by atoms with Gasteiger partial charge < -0.3 is 14.8 Å². The molecule has 0 unspecified atom stereocenters. The van der Waals surface area contributed by atoms with Crippen LogP contribution in [0, 0.1) is 6.92 Å². The van der Waals surface area contributed by atoms with Crippen molar-refractivity contribution in [2.24, 2.45) is 0 Å². The molecule has 2 aromatic carbocycles. The minimum absolute atomic E-state index is 0.264. The maximum absolute atomic E-state index is 13.0. The number of anilines is 1. The fourth-order valence-electron chi connectivity index (χ4n) is 2.92. The summed E-state index contributed by atoms with van der Waals surface area (Å²) in [5.41, 5.74) is 2.54. The minimum Gasteiger partial charge on any atom is -0.491 e. The number of hydrogen-bond acceptors (Lipinski definition) is 4. The van der Waals surface area contributed by atoms with Gasteiger partial charge in [0, 0.05) is 5.02 Å². The van der Waals surface area contributed by atoms with Gasteiger partial charge in [-0.3, -0.25) is 9.69 Å². The van der Waals surface area contributed by atoms with Gasteiger partial charge in [0.25, 0.3) is 5.91 Å². The molecule has 1 heterocycles. The Balaban J connectivity index is 1.98. The van der Waals surface area contributed by atoms with Crippen LogP contribution in [-0.4, -0.2) is 24.7 Å². The number of methoxy groups -OCH3 is 1. The topological polar surface area (TPSA) is 50.8 Å². The smallest absolute Gasteiger partial charge is 0.281 e. The molecular weight excluding hydrogens is 419 g/mol. The van der Waals surface area contributed by atoms with Crippen molar-refractivity contribution in [3.05, 3.63) is 57.2 Å². The van der Waals surface area contributed by atoms with Crippen LogP contribution in [0.4, 0.5) is 5.69 Å². The van der Waals surface area contributed by atoms with Crippen molar-refractivity contribution >= 4 is 58.2 Å². The molecule has 5 nitrogen and oxygen atoms in total. The zero-order valence-electron chi connectivity index (χ0n) is 15.5. The predicted octanol–water partition coefficient (Wildman–Crippen LogP) is 4.97. The first-order valence-electron chi connectivity index (χ1n) is 8.49. The van der Waals surface area contributed by atoms with Crippen LogP contribution in [0.3, 0.4) is 0 Å². The lowest BCUT2D eigenvalue weighted by Gasteiger charge is -2.16. The first-order valence-corrected chi connectivity index (χ1v) is 9.65. The van der Waals surface area contributed by atoms with E-state index in [1.54, 1.807) is 36.4 Å². The van der Waals surface area contributed by atoms with Crippen molar-refractivity contribution in [3.8, 4) is 11.5 Å². The summed E-state index contributed by atoms with van der Waals surface area (Å²) in [6.07, 6.45) is 1.67. The van der Waals surface area contributed by atoms with Gasteiger partial charge in [-0.25, -0.2) is 0 Å². The zero-order valence-corrected chi connectivity index (χ0v) is 17.8. The number of halogens is 2. The monoisotopic (exact) mass is 436 g/mol. The first-order chi connectivity index (χ1) is 13.3. The molecule has 146 valence electrons. The van der Waals surface area contributed by atoms with E-state index in [0.717, 1.165) is 5.56 Å². The Kier molecular flexibility index (Phi) is 6.13. The average Bonchev–Trinajstić information content (AvgIpc) is 2.89. The molecule has 8 heteroatoms. The molecule has 0 atom stereocenters. The molecule has 0 aromatic heterocycles. The molecule has 28 heavy (non-hydrogen) atoms. The van der Waals surface area contributed by atoms with Gasteiger partial charge in [-0.05, 0) is 73.6 Å². The Hall–Kier alpha value is -2.28. The molecule has 0 bridgehead atoms. The summed E-state index contributed by atoms with van der Waals surface area (Å²) in [6, 6.07) is 8.73. The first kappa shape index (κ1) is 20.5. The summed E-state index contributed by atoms with van der Waals surface area (Å²) >= 11 is 17.7. The van der Waals surface area contributed by atoms with E-state index in [9.17, 15) is 4.79 Å². The Morgan fingerprint density at radius 2 is 2.00 bits per heavy atom. The molecule has 0 spiro atoms. The van der Waals surface area contributed by atoms with Gasteiger partial charge >= 0.3 is 0 Å². The third-order valence-corrected chi connectivity index (χ3v) is 4.93. The van der Waals surface area contributed by atoms with Crippen molar-refractivity contribution < 1.29 is 14.3 Å². The summed E-state index contributed by atoms with van der Waals surface area (Å²) in [6.45, 7) is 4.19. The summed E-state index contributed by atoms with van der Waals surface area (Å²) in [7, 11) is 1.52. The molecule has 1 fully saturated rings. The minimum atomic E-state index is -0.264. The second-order valence-corrected chi connectivity index (χ2v) is 7.26. The molecule has 0 aliphatic carbocycles. The number of nitrogens with one attached hydrogen (secondary N) is 1. The summed E-state index contributed by atoms with van der Waals surface area (Å²) in [5, 5.41) is 4.24. The highest BCUT2D eigenvalue weighted by molar-refractivity contribution is 7.80. The quantitative estimate of drug-likeness (QED) is 0.529. The van der Waals surface area contributed by atoms with Crippen LogP contribution in [0.5, 0.6) is 11.5 Å². The number of hydrogen-bond donors (Lipinski definition) is 1. The lowest BCUT2D eigenvalue weighted by atomic mass is 10.1. The van der Waals surface area contributed by atoms with Crippen molar-refractivity contribution in [2.45, 2.75) is 13.8 Å². The van der Waals surface area contributed by atoms with E-state index in [-0.39, 0.29) is 5.91 Å². The number of carbonyl (C=O) groups excluding carboxylic acids is 1. The van der Waals surface area contributed by atoms with Gasteiger partial charge in [0.1, 0.15) is 5.70 Å². The van der Waals surface area contributed by atoms with E-state index >= 15 is 0 Å². The van der Waals surface area contributed by atoms with Gasteiger partial charge in [-0.15, -0.1) is 0 Å². The van der Waals surface area contributed by atoms with E-state index in [1.165, 1.54) is 12.0 Å². The highest BCUT2D eigenvalue weighted by Gasteiger charge is 2.33. The molecular formula is C20H18Cl2N2O3S. The molecule has 3 rings (SSSR count). The van der Waals surface area contributed by atoms with Crippen molar-refractivity contribution in [1.29, 1.82) is 0 Å². The second kappa shape index (κ2) is 8.39. The van der Waals surface area contributed by atoms with Gasteiger partial charge in [0.15, 0.2) is 16.6 Å². The normalized spacial score (nSPS) is 15.2. The highest BCUT2D eigenvalue weighted by Crippen LogP contribution is 2.37. The second-order valence-electron chi connectivity index (χ2n) is 6.03. The van der Waals surface area contributed by atoms with Crippen LogP contribution >= 0.6 is 35.4 Å². The number of thiocarbonyl (C=S) groups is 1. The Morgan fingerprint density at radius 3 is 2.64 bits per heavy atom. The number of carbonyl (C=O) groups is 1. The third-order valence-electron chi connectivity index (χ3n) is 4.12. The molecule has 1 aliphatic rings. The van der Waals surface area contributed by atoms with Crippen LogP contribution in [-0.2, 0) is 4.79 Å². The Morgan fingerprint density at radius 1 is 1.25 bits per heavy atom. The van der Waals surface area contributed by atoms with Crippen molar-refractivity contribution in [3.63, 3.8) is 0 Å². The fourth-order valence-corrected chi connectivity index (χ4v) is 3.74. The Bertz CT molecular complexity index is 992. The number of aryl methyl sites for hydroxylation is 1. The number of nitrogens with zero attached hydrogens (tertiary/aromatic N) is 1. The van der Waals surface area contributed by atoms with Gasteiger partial charge in [0.05, 0.1) is 24.4 Å². The van der Waals surface area contributed by atoms with Gasteiger partial charge in [0.2, 0.25) is 0 Å². The fraction of sp³-hybridized carbons (Fsp3) is 0.200. The molecule has 0 saturated carbocycles. The highest BCUT2D eigenvalue weighted by atomic mass is 35.5. The van der Waals surface area contributed by atoms with E-state index in [1.807, 2.05) is 13.8 Å². The summed E-state index contributed by atoms with van der Waals surface area (Å²) in [5.74, 6) is 0.688. The summed E-state index contributed by atoms with van der Waals surface area (Å²) in [4.78, 5) is 14.4. The van der Waals surface area contributed by atoms with Crippen LogP contribution in [0.1, 0.15) is 18.1 Å². The lowest BCUT2D eigenvalue weighted by molar-refractivity contribution is -0.113. The summed E-state index contributed by atoms with van der Waals surface area (Å²) < 4.78 is 10.9. The SMILES string of the molecule is CCOc1cc(/C=C2\NC(=S)N(c3ccc(Cl)cc3C)C2=O)cc(Cl)c1OC. The van der Waals surface area contributed by atoms with Gasteiger partial charge in [-0.1, -0.05) is 23.2 Å². The lowest BCUT2D eigenvalue weighted by Crippen LogP contribution is -2.30. The van der Waals surface area contributed by atoms with Crippen LogP contribution < -0.4 is 19.7 Å². The van der Waals surface area contributed by atoms with Crippen LogP contribution in [0.15, 0.2) is 36.0 Å². The standard InChI is InChI=1S/C20H18Cl2N2O3S/c1-4-27-17-10-12(8-14(22)18(17)26-3)9-15-19(25)24(20(28)23-15)16-6-5-13(21)7-11(16)2/h5-10H,4H2,1-3H3,(H,23,28)/b15-9-. The largest absolute Gasteiger partial charge is 0.491 e.